The predicted octanol–water partition coefficient (Wildman–Crippen LogP) is 3.34. The van der Waals surface area contributed by atoms with Crippen molar-refractivity contribution >= 4 is 16.9 Å². The van der Waals surface area contributed by atoms with Crippen molar-refractivity contribution in [3.8, 4) is 0 Å². The van der Waals surface area contributed by atoms with E-state index in [1.165, 1.54) is 12.1 Å². The van der Waals surface area contributed by atoms with E-state index in [2.05, 4.69) is 22.5 Å². The van der Waals surface area contributed by atoms with Gasteiger partial charge in [0, 0.05) is 29.7 Å². The molecule has 0 aliphatic rings. The fourth-order valence-electron chi connectivity index (χ4n) is 2.46. The van der Waals surface area contributed by atoms with Gasteiger partial charge in [-0.2, -0.15) is 0 Å². The number of fused-ring (bicyclic) bond motifs is 1. The largest absolute Gasteiger partial charge is 0.361 e. The maximum Gasteiger partial charge on any atom is 0.315 e. The number of H-pyrrole nitrogens is 1. The molecular formula is C16H22FN3O. The van der Waals surface area contributed by atoms with E-state index >= 15 is 0 Å². The molecule has 1 unspecified atom stereocenters. The minimum atomic E-state index is -0.252. The molecule has 1 atom stereocenters. The highest BCUT2D eigenvalue weighted by Crippen LogP contribution is 2.19. The van der Waals surface area contributed by atoms with E-state index in [1.54, 1.807) is 6.07 Å². The molecule has 1 aromatic carbocycles. The molecule has 0 aliphatic carbocycles. The van der Waals surface area contributed by atoms with Gasteiger partial charge in [-0.3, -0.25) is 0 Å². The maximum absolute atomic E-state index is 13.1. The molecule has 0 saturated heterocycles. The Balaban J connectivity index is 1.84. The van der Waals surface area contributed by atoms with Crippen LogP contribution in [0.25, 0.3) is 10.9 Å². The van der Waals surface area contributed by atoms with Crippen LogP contribution in [0.15, 0.2) is 24.4 Å². The molecule has 0 spiro atoms. The second kappa shape index (κ2) is 7.11. The molecule has 0 aliphatic heterocycles. The topological polar surface area (TPSA) is 56.9 Å². The zero-order chi connectivity index (χ0) is 15.2. The van der Waals surface area contributed by atoms with E-state index in [1.807, 2.05) is 13.1 Å². The Hall–Kier alpha value is -2.04. The zero-order valence-corrected chi connectivity index (χ0v) is 12.5. The Kier molecular flexibility index (Phi) is 5.20. The average molecular weight is 291 g/mol. The Morgan fingerprint density at radius 2 is 2.24 bits per heavy atom. The van der Waals surface area contributed by atoms with Gasteiger partial charge in [0.15, 0.2) is 0 Å². The molecule has 0 radical (unpaired) electrons. The van der Waals surface area contributed by atoms with Crippen molar-refractivity contribution in [2.24, 2.45) is 0 Å². The number of rotatable bonds is 6. The summed E-state index contributed by atoms with van der Waals surface area (Å²) in [5, 5.41) is 6.74. The van der Waals surface area contributed by atoms with Gasteiger partial charge in [0.1, 0.15) is 5.82 Å². The van der Waals surface area contributed by atoms with E-state index in [0.717, 1.165) is 29.3 Å². The Bertz CT molecular complexity index is 609. The van der Waals surface area contributed by atoms with Gasteiger partial charge in [-0.05, 0) is 43.5 Å². The van der Waals surface area contributed by atoms with Crippen LogP contribution in [0, 0.1) is 5.82 Å². The molecule has 5 heteroatoms. The van der Waals surface area contributed by atoms with Crippen LogP contribution in [-0.4, -0.2) is 23.6 Å². The molecule has 2 amide bonds. The average Bonchev–Trinajstić information content (AvgIpc) is 2.81. The number of halogens is 1. The summed E-state index contributed by atoms with van der Waals surface area (Å²) in [7, 11) is 0. The van der Waals surface area contributed by atoms with Crippen molar-refractivity contribution in [1.29, 1.82) is 0 Å². The first kappa shape index (κ1) is 15.4. The molecule has 3 N–H and O–H groups in total. The predicted molar refractivity (Wildman–Crippen MR) is 82.9 cm³/mol. The number of amides is 2. The lowest BCUT2D eigenvalue weighted by molar-refractivity contribution is 0.237. The van der Waals surface area contributed by atoms with Gasteiger partial charge in [0.05, 0.1) is 0 Å². The van der Waals surface area contributed by atoms with Crippen molar-refractivity contribution in [3.63, 3.8) is 0 Å². The number of carbonyl (C=O) groups is 1. The molecule has 0 bridgehead atoms. The highest BCUT2D eigenvalue weighted by atomic mass is 19.1. The van der Waals surface area contributed by atoms with E-state index in [-0.39, 0.29) is 17.9 Å². The smallest absolute Gasteiger partial charge is 0.315 e. The third-order valence-corrected chi connectivity index (χ3v) is 3.51. The van der Waals surface area contributed by atoms with Gasteiger partial charge in [-0.25, -0.2) is 9.18 Å². The van der Waals surface area contributed by atoms with Crippen LogP contribution in [0.4, 0.5) is 9.18 Å². The van der Waals surface area contributed by atoms with E-state index in [4.69, 9.17) is 0 Å². The van der Waals surface area contributed by atoms with Crippen LogP contribution in [0.5, 0.6) is 0 Å². The lowest BCUT2D eigenvalue weighted by Gasteiger charge is -2.13. The molecule has 0 saturated carbocycles. The van der Waals surface area contributed by atoms with Crippen LogP contribution in [0.1, 0.15) is 32.3 Å². The van der Waals surface area contributed by atoms with Gasteiger partial charge in [-0.1, -0.05) is 13.3 Å². The number of carbonyl (C=O) groups excluding carboxylic acids is 1. The summed E-state index contributed by atoms with van der Waals surface area (Å²) in [6.07, 6.45) is 4.60. The first-order valence-corrected chi connectivity index (χ1v) is 7.40. The van der Waals surface area contributed by atoms with E-state index < -0.39 is 0 Å². The third kappa shape index (κ3) is 4.21. The number of aromatic nitrogens is 1. The minimum Gasteiger partial charge on any atom is -0.361 e. The van der Waals surface area contributed by atoms with Crippen molar-refractivity contribution in [1.82, 2.24) is 15.6 Å². The van der Waals surface area contributed by atoms with Crippen molar-refractivity contribution < 1.29 is 9.18 Å². The molecule has 114 valence electrons. The van der Waals surface area contributed by atoms with Gasteiger partial charge in [-0.15, -0.1) is 0 Å². The van der Waals surface area contributed by atoms with Gasteiger partial charge >= 0.3 is 6.03 Å². The van der Waals surface area contributed by atoms with Crippen LogP contribution in [0.2, 0.25) is 0 Å². The van der Waals surface area contributed by atoms with Crippen molar-refractivity contribution in [2.75, 3.05) is 6.54 Å². The van der Waals surface area contributed by atoms with Crippen molar-refractivity contribution in [3.05, 3.63) is 35.8 Å². The summed E-state index contributed by atoms with van der Waals surface area (Å²) >= 11 is 0. The number of aromatic amines is 1. The number of benzene rings is 1. The minimum absolute atomic E-state index is 0.137. The highest BCUT2D eigenvalue weighted by Gasteiger charge is 2.07. The van der Waals surface area contributed by atoms with Gasteiger partial charge < -0.3 is 15.6 Å². The SMILES string of the molecule is CCCC(C)NC(=O)NCCc1c[nH]c2cc(F)ccc12. The second-order valence-electron chi connectivity index (χ2n) is 5.34. The molecule has 2 rings (SSSR count). The summed E-state index contributed by atoms with van der Waals surface area (Å²) in [6.45, 7) is 4.64. The summed E-state index contributed by atoms with van der Waals surface area (Å²) in [5.41, 5.74) is 1.86. The van der Waals surface area contributed by atoms with Crippen LogP contribution in [0.3, 0.4) is 0 Å². The lowest BCUT2D eigenvalue weighted by Crippen LogP contribution is -2.41. The van der Waals surface area contributed by atoms with Crippen LogP contribution >= 0.6 is 0 Å². The van der Waals surface area contributed by atoms with E-state index in [9.17, 15) is 9.18 Å². The Labute approximate surface area is 124 Å². The molecule has 4 nitrogen and oxygen atoms in total. The fourth-order valence-corrected chi connectivity index (χ4v) is 2.46. The maximum atomic E-state index is 13.1. The lowest BCUT2D eigenvalue weighted by atomic mass is 10.1. The molecule has 1 heterocycles. The Morgan fingerprint density at radius 1 is 1.43 bits per heavy atom. The van der Waals surface area contributed by atoms with E-state index in [0.29, 0.717) is 13.0 Å². The molecule has 0 fully saturated rings. The third-order valence-electron chi connectivity index (χ3n) is 3.51. The number of hydrogen-bond acceptors (Lipinski definition) is 1. The summed E-state index contributed by atoms with van der Waals surface area (Å²) < 4.78 is 13.1. The van der Waals surface area contributed by atoms with Gasteiger partial charge in [0.2, 0.25) is 0 Å². The van der Waals surface area contributed by atoms with Crippen LogP contribution < -0.4 is 10.6 Å². The summed E-state index contributed by atoms with van der Waals surface area (Å²) in [6, 6.07) is 4.74. The summed E-state index contributed by atoms with van der Waals surface area (Å²) in [4.78, 5) is 14.7. The first-order valence-electron chi connectivity index (χ1n) is 7.40. The number of nitrogens with one attached hydrogen (secondary N) is 3. The normalized spacial score (nSPS) is 12.3. The standard InChI is InChI=1S/C16H22FN3O/c1-3-4-11(2)20-16(21)18-8-7-12-10-19-15-9-13(17)5-6-14(12)15/h5-6,9-11,19H,3-4,7-8H2,1-2H3,(H2,18,20,21). The fraction of sp³-hybridized carbons (Fsp3) is 0.438. The monoisotopic (exact) mass is 291 g/mol. The quantitative estimate of drug-likeness (QED) is 0.751. The van der Waals surface area contributed by atoms with Gasteiger partial charge in [0.25, 0.3) is 0 Å². The molecule has 21 heavy (non-hydrogen) atoms. The zero-order valence-electron chi connectivity index (χ0n) is 12.5. The Morgan fingerprint density at radius 3 is 3.00 bits per heavy atom. The van der Waals surface area contributed by atoms with Crippen molar-refractivity contribution in [2.45, 2.75) is 39.2 Å². The number of hydrogen-bond donors (Lipinski definition) is 3. The van der Waals surface area contributed by atoms with Crippen LogP contribution in [-0.2, 0) is 6.42 Å². The molecular weight excluding hydrogens is 269 g/mol. The molecule has 2 aromatic rings. The molecule has 1 aromatic heterocycles. The highest BCUT2D eigenvalue weighted by molar-refractivity contribution is 5.83. The number of urea groups is 1. The first-order chi connectivity index (χ1) is 10.1. The second-order valence-corrected chi connectivity index (χ2v) is 5.34. The summed E-state index contributed by atoms with van der Waals surface area (Å²) in [5.74, 6) is -0.252.